The molecule has 1 fully saturated rings. The molecule has 1 aromatic rings. The van der Waals surface area contributed by atoms with E-state index in [1.54, 1.807) is 12.3 Å². The number of hydrogen-bond donors (Lipinski definition) is 2. The number of pyridine rings is 1. The van der Waals surface area contributed by atoms with Crippen LogP contribution in [0.4, 0.5) is 5.82 Å². The van der Waals surface area contributed by atoms with Crippen LogP contribution in [-0.4, -0.2) is 22.1 Å². The molecule has 1 saturated carbocycles. The fourth-order valence-electron chi connectivity index (χ4n) is 2.64. The number of carboxylic acids is 1. The predicted molar refractivity (Wildman–Crippen MR) is 78.6 cm³/mol. The number of nitrogens with zero attached hydrogens (tertiary/aromatic N) is 1. The molecule has 1 aliphatic carbocycles. The zero-order chi connectivity index (χ0) is 14.0. The van der Waals surface area contributed by atoms with E-state index in [4.69, 9.17) is 0 Å². The lowest BCUT2D eigenvalue weighted by molar-refractivity contribution is 0.0697. The van der Waals surface area contributed by atoms with E-state index in [2.05, 4.69) is 40.1 Å². The smallest absolute Gasteiger partial charge is 0.339 e. The van der Waals surface area contributed by atoms with E-state index in [0.717, 1.165) is 12.8 Å². The van der Waals surface area contributed by atoms with Crippen molar-refractivity contribution in [3.05, 3.63) is 22.3 Å². The van der Waals surface area contributed by atoms with Crippen molar-refractivity contribution < 1.29 is 9.90 Å². The summed E-state index contributed by atoms with van der Waals surface area (Å²) >= 11 is 3.26. The molecule has 2 rings (SSSR count). The van der Waals surface area contributed by atoms with Crippen molar-refractivity contribution in [2.75, 3.05) is 5.32 Å². The average molecular weight is 327 g/mol. The molecule has 4 nitrogen and oxygen atoms in total. The van der Waals surface area contributed by atoms with Gasteiger partial charge in [-0.15, -0.1) is 0 Å². The standard InChI is InChI=1S/C14H19BrN2O2/c1-14(2)6-4-3-5-11(14)17-12-10(13(18)19)7-9(15)8-16-12/h7-8,11H,3-6H2,1-2H3,(H,16,17)(H,18,19). The number of hydrogen-bond acceptors (Lipinski definition) is 3. The molecular formula is C14H19BrN2O2. The van der Waals surface area contributed by atoms with E-state index < -0.39 is 5.97 Å². The molecule has 1 heterocycles. The Bertz CT molecular complexity index is 488. The minimum Gasteiger partial charge on any atom is -0.478 e. The fraction of sp³-hybridized carbons (Fsp3) is 0.571. The predicted octanol–water partition coefficient (Wildman–Crippen LogP) is 3.92. The van der Waals surface area contributed by atoms with Gasteiger partial charge in [0.05, 0.1) is 0 Å². The van der Waals surface area contributed by atoms with Crippen LogP contribution in [0, 0.1) is 5.41 Å². The molecule has 0 amide bonds. The van der Waals surface area contributed by atoms with E-state index in [9.17, 15) is 9.90 Å². The summed E-state index contributed by atoms with van der Waals surface area (Å²) in [5.41, 5.74) is 0.388. The van der Waals surface area contributed by atoms with Crippen LogP contribution in [0.2, 0.25) is 0 Å². The van der Waals surface area contributed by atoms with E-state index in [1.807, 2.05) is 0 Å². The summed E-state index contributed by atoms with van der Waals surface area (Å²) in [5.74, 6) is -0.486. The highest BCUT2D eigenvalue weighted by Gasteiger charge is 2.33. The monoisotopic (exact) mass is 326 g/mol. The second-order valence-electron chi connectivity index (χ2n) is 5.79. The topological polar surface area (TPSA) is 62.2 Å². The number of nitrogens with one attached hydrogen (secondary N) is 1. The Kier molecular flexibility index (Phi) is 4.13. The Morgan fingerprint density at radius 2 is 2.26 bits per heavy atom. The lowest BCUT2D eigenvalue weighted by Crippen LogP contribution is -2.39. The Labute approximate surface area is 121 Å². The lowest BCUT2D eigenvalue weighted by atomic mass is 9.73. The highest BCUT2D eigenvalue weighted by molar-refractivity contribution is 9.10. The van der Waals surface area contributed by atoms with Crippen LogP contribution in [-0.2, 0) is 0 Å². The number of aromatic nitrogens is 1. The SMILES string of the molecule is CC1(C)CCCCC1Nc1ncc(Br)cc1C(=O)O. The molecule has 0 aromatic carbocycles. The first-order valence-corrected chi connectivity index (χ1v) is 7.35. The van der Waals surface area contributed by atoms with Gasteiger partial charge in [0.15, 0.2) is 0 Å². The fourth-order valence-corrected chi connectivity index (χ4v) is 2.98. The number of aromatic carboxylic acids is 1. The molecule has 0 bridgehead atoms. The zero-order valence-corrected chi connectivity index (χ0v) is 12.8. The first-order chi connectivity index (χ1) is 8.90. The molecule has 104 valence electrons. The third-order valence-electron chi connectivity index (χ3n) is 3.90. The van der Waals surface area contributed by atoms with Gasteiger partial charge in [0, 0.05) is 16.7 Å². The van der Waals surface area contributed by atoms with Crippen LogP contribution in [0.1, 0.15) is 49.9 Å². The van der Waals surface area contributed by atoms with Crippen molar-refractivity contribution in [1.29, 1.82) is 0 Å². The van der Waals surface area contributed by atoms with Crippen molar-refractivity contribution in [1.82, 2.24) is 4.98 Å². The van der Waals surface area contributed by atoms with Crippen LogP contribution in [0.25, 0.3) is 0 Å². The van der Waals surface area contributed by atoms with Crippen LogP contribution in [0.5, 0.6) is 0 Å². The summed E-state index contributed by atoms with van der Waals surface area (Å²) in [6, 6.07) is 1.86. The van der Waals surface area contributed by atoms with Gasteiger partial charge in [-0.25, -0.2) is 9.78 Å². The zero-order valence-electron chi connectivity index (χ0n) is 11.2. The minimum absolute atomic E-state index is 0.169. The Hall–Kier alpha value is -1.10. The van der Waals surface area contributed by atoms with Gasteiger partial charge in [0.25, 0.3) is 0 Å². The summed E-state index contributed by atoms with van der Waals surface area (Å²) in [4.78, 5) is 15.5. The van der Waals surface area contributed by atoms with Gasteiger partial charge in [-0.2, -0.15) is 0 Å². The molecule has 1 unspecified atom stereocenters. The Balaban J connectivity index is 2.25. The third-order valence-corrected chi connectivity index (χ3v) is 4.34. The van der Waals surface area contributed by atoms with Crippen molar-refractivity contribution in [3.63, 3.8) is 0 Å². The van der Waals surface area contributed by atoms with Crippen molar-refractivity contribution in [2.45, 2.75) is 45.6 Å². The van der Waals surface area contributed by atoms with Crippen molar-refractivity contribution in [2.24, 2.45) is 5.41 Å². The highest BCUT2D eigenvalue weighted by Crippen LogP contribution is 2.37. The van der Waals surface area contributed by atoms with E-state index >= 15 is 0 Å². The van der Waals surface area contributed by atoms with Gasteiger partial charge in [-0.3, -0.25) is 0 Å². The molecule has 0 radical (unpaired) electrons. The van der Waals surface area contributed by atoms with Crippen LogP contribution >= 0.6 is 15.9 Å². The second kappa shape index (κ2) is 5.49. The Morgan fingerprint density at radius 3 is 2.89 bits per heavy atom. The molecule has 5 heteroatoms. The molecule has 2 N–H and O–H groups in total. The average Bonchev–Trinajstić information content (AvgIpc) is 2.33. The van der Waals surface area contributed by atoms with Gasteiger partial charge in [-0.1, -0.05) is 26.7 Å². The molecular weight excluding hydrogens is 308 g/mol. The van der Waals surface area contributed by atoms with Crippen molar-refractivity contribution >= 4 is 27.7 Å². The molecule has 0 spiro atoms. The molecule has 1 aromatic heterocycles. The quantitative estimate of drug-likeness (QED) is 0.883. The van der Waals surface area contributed by atoms with E-state index in [0.29, 0.717) is 10.3 Å². The largest absolute Gasteiger partial charge is 0.478 e. The first kappa shape index (κ1) is 14.3. The maximum absolute atomic E-state index is 11.3. The number of halogens is 1. The van der Waals surface area contributed by atoms with Gasteiger partial charge < -0.3 is 10.4 Å². The van der Waals surface area contributed by atoms with Crippen LogP contribution < -0.4 is 5.32 Å². The van der Waals surface area contributed by atoms with Crippen LogP contribution in [0.15, 0.2) is 16.7 Å². The van der Waals surface area contributed by atoms with E-state index in [-0.39, 0.29) is 17.0 Å². The Morgan fingerprint density at radius 1 is 1.53 bits per heavy atom. The first-order valence-electron chi connectivity index (χ1n) is 6.55. The van der Waals surface area contributed by atoms with Gasteiger partial charge in [0.2, 0.25) is 0 Å². The van der Waals surface area contributed by atoms with Crippen LogP contribution in [0.3, 0.4) is 0 Å². The van der Waals surface area contributed by atoms with Gasteiger partial charge in [-0.05, 0) is 40.3 Å². The van der Waals surface area contributed by atoms with Gasteiger partial charge >= 0.3 is 5.97 Å². The maximum atomic E-state index is 11.3. The molecule has 0 saturated heterocycles. The number of anilines is 1. The highest BCUT2D eigenvalue weighted by atomic mass is 79.9. The maximum Gasteiger partial charge on any atom is 0.339 e. The minimum atomic E-state index is -0.954. The number of carbonyl (C=O) groups is 1. The lowest BCUT2D eigenvalue weighted by Gasteiger charge is -2.39. The molecule has 1 aliphatic rings. The summed E-state index contributed by atoms with van der Waals surface area (Å²) in [6.45, 7) is 4.45. The van der Waals surface area contributed by atoms with Crippen molar-refractivity contribution in [3.8, 4) is 0 Å². The molecule has 0 aliphatic heterocycles. The number of rotatable bonds is 3. The summed E-state index contributed by atoms with van der Waals surface area (Å²) in [7, 11) is 0. The summed E-state index contributed by atoms with van der Waals surface area (Å²) in [6.07, 6.45) is 6.27. The van der Waals surface area contributed by atoms with E-state index in [1.165, 1.54) is 12.8 Å². The third kappa shape index (κ3) is 3.26. The normalized spacial score (nSPS) is 21.9. The second-order valence-corrected chi connectivity index (χ2v) is 6.70. The molecule has 19 heavy (non-hydrogen) atoms. The van der Waals surface area contributed by atoms with Gasteiger partial charge in [0.1, 0.15) is 11.4 Å². The summed E-state index contributed by atoms with van der Waals surface area (Å²) < 4.78 is 0.679. The summed E-state index contributed by atoms with van der Waals surface area (Å²) in [5, 5.41) is 12.6. The molecule has 1 atom stereocenters. The number of carboxylic acid groups (broad SMARTS) is 1.